The Balaban J connectivity index is 1.98. The monoisotopic (exact) mass is 327 g/mol. The van der Waals surface area contributed by atoms with Crippen molar-refractivity contribution in [3.8, 4) is 5.75 Å². The van der Waals surface area contributed by atoms with Crippen molar-refractivity contribution in [2.45, 2.75) is 6.54 Å². The van der Waals surface area contributed by atoms with Gasteiger partial charge in [0.05, 0.1) is 13.7 Å². The summed E-state index contributed by atoms with van der Waals surface area (Å²) in [4.78, 5) is 23.7. The van der Waals surface area contributed by atoms with E-state index in [-0.39, 0.29) is 12.3 Å². The summed E-state index contributed by atoms with van der Waals surface area (Å²) < 4.78 is 6.96. The van der Waals surface area contributed by atoms with Crippen molar-refractivity contribution < 1.29 is 14.3 Å². The SMILES string of the molecule is COc1ccc2c(c1)c(C=O)cn2CC(=O)c1ccc(Cl)cc1. The van der Waals surface area contributed by atoms with Gasteiger partial charge in [-0.15, -0.1) is 0 Å². The average molecular weight is 328 g/mol. The summed E-state index contributed by atoms with van der Waals surface area (Å²) in [6, 6.07) is 12.2. The minimum atomic E-state index is -0.0492. The molecule has 0 aliphatic heterocycles. The van der Waals surface area contributed by atoms with Crippen LogP contribution in [0.1, 0.15) is 20.7 Å². The summed E-state index contributed by atoms with van der Waals surface area (Å²) in [6.07, 6.45) is 2.47. The first-order chi connectivity index (χ1) is 11.1. The van der Waals surface area contributed by atoms with Crippen LogP contribution in [-0.4, -0.2) is 23.7 Å². The zero-order valence-electron chi connectivity index (χ0n) is 12.5. The molecule has 0 N–H and O–H groups in total. The Hall–Kier alpha value is -2.59. The molecule has 0 aliphatic carbocycles. The number of rotatable bonds is 5. The first-order valence-electron chi connectivity index (χ1n) is 7.03. The third-order valence-corrected chi connectivity index (χ3v) is 3.98. The molecule has 2 aromatic carbocycles. The molecular weight excluding hydrogens is 314 g/mol. The second kappa shape index (κ2) is 6.26. The third kappa shape index (κ3) is 2.98. The lowest BCUT2D eigenvalue weighted by atomic mass is 10.1. The summed E-state index contributed by atoms with van der Waals surface area (Å²) in [7, 11) is 1.57. The standard InChI is InChI=1S/C18H14ClNO3/c1-23-15-6-7-17-16(8-15)13(11-21)9-20(17)10-18(22)12-2-4-14(19)5-3-12/h2-9,11H,10H2,1H3. The number of aromatic nitrogens is 1. The molecule has 0 atom stereocenters. The molecule has 0 saturated carbocycles. The van der Waals surface area contributed by atoms with E-state index in [0.717, 1.165) is 17.2 Å². The molecule has 23 heavy (non-hydrogen) atoms. The van der Waals surface area contributed by atoms with Gasteiger partial charge in [0, 0.05) is 33.2 Å². The predicted octanol–water partition coefficient (Wildman–Crippen LogP) is 4.00. The lowest BCUT2D eigenvalue weighted by Gasteiger charge is -2.06. The van der Waals surface area contributed by atoms with Crippen molar-refractivity contribution in [3.05, 3.63) is 64.8 Å². The third-order valence-electron chi connectivity index (χ3n) is 3.73. The number of aldehydes is 1. The van der Waals surface area contributed by atoms with Gasteiger partial charge in [0.15, 0.2) is 12.1 Å². The first-order valence-corrected chi connectivity index (χ1v) is 7.41. The van der Waals surface area contributed by atoms with Crippen LogP contribution in [0, 0.1) is 0 Å². The number of ketones is 1. The Labute approximate surface area is 138 Å². The van der Waals surface area contributed by atoms with Crippen LogP contribution in [-0.2, 0) is 6.54 Å². The summed E-state index contributed by atoms with van der Waals surface area (Å²) in [5.41, 5.74) is 1.93. The van der Waals surface area contributed by atoms with Crippen molar-refractivity contribution in [3.63, 3.8) is 0 Å². The second-order valence-corrected chi connectivity index (χ2v) is 5.58. The van der Waals surface area contributed by atoms with Crippen LogP contribution < -0.4 is 4.74 Å². The van der Waals surface area contributed by atoms with E-state index in [1.54, 1.807) is 54.3 Å². The number of nitrogens with zero attached hydrogens (tertiary/aromatic N) is 1. The largest absolute Gasteiger partial charge is 0.497 e. The molecule has 0 aliphatic rings. The fourth-order valence-electron chi connectivity index (χ4n) is 2.54. The van der Waals surface area contributed by atoms with E-state index in [2.05, 4.69) is 0 Å². The molecule has 0 unspecified atom stereocenters. The number of benzene rings is 2. The molecule has 116 valence electrons. The molecule has 3 rings (SSSR count). The number of carbonyl (C=O) groups is 2. The molecular formula is C18H14ClNO3. The first kappa shape index (κ1) is 15.3. The van der Waals surface area contributed by atoms with Gasteiger partial charge in [0.1, 0.15) is 5.75 Å². The molecule has 0 bridgehead atoms. The Morgan fingerprint density at radius 3 is 2.61 bits per heavy atom. The maximum atomic E-state index is 12.4. The van der Waals surface area contributed by atoms with Crippen LogP contribution in [0.2, 0.25) is 5.02 Å². The number of methoxy groups -OCH3 is 1. The highest BCUT2D eigenvalue weighted by atomic mass is 35.5. The molecule has 4 nitrogen and oxygen atoms in total. The maximum Gasteiger partial charge on any atom is 0.182 e. The lowest BCUT2D eigenvalue weighted by molar-refractivity contribution is 0.0972. The molecule has 0 saturated heterocycles. The fraction of sp³-hybridized carbons (Fsp3) is 0.111. The average Bonchev–Trinajstić information content (AvgIpc) is 2.92. The summed E-state index contributed by atoms with van der Waals surface area (Å²) in [6.45, 7) is 0.151. The number of hydrogen-bond donors (Lipinski definition) is 0. The van der Waals surface area contributed by atoms with E-state index in [4.69, 9.17) is 16.3 Å². The zero-order valence-corrected chi connectivity index (χ0v) is 13.2. The van der Waals surface area contributed by atoms with Crippen molar-refractivity contribution >= 4 is 34.6 Å². The van der Waals surface area contributed by atoms with Gasteiger partial charge in [-0.1, -0.05) is 11.6 Å². The Morgan fingerprint density at radius 1 is 1.22 bits per heavy atom. The molecule has 1 aromatic heterocycles. The zero-order chi connectivity index (χ0) is 16.4. The highest BCUT2D eigenvalue weighted by molar-refractivity contribution is 6.30. The second-order valence-electron chi connectivity index (χ2n) is 5.14. The summed E-state index contributed by atoms with van der Waals surface area (Å²) in [5, 5.41) is 1.35. The van der Waals surface area contributed by atoms with Crippen LogP contribution in [0.4, 0.5) is 0 Å². The Morgan fingerprint density at radius 2 is 1.96 bits per heavy atom. The van der Waals surface area contributed by atoms with Gasteiger partial charge in [-0.3, -0.25) is 9.59 Å². The van der Waals surface area contributed by atoms with Crippen LogP contribution in [0.5, 0.6) is 5.75 Å². The van der Waals surface area contributed by atoms with E-state index in [1.807, 2.05) is 6.07 Å². The molecule has 1 heterocycles. The fourth-order valence-corrected chi connectivity index (χ4v) is 2.66. The number of ether oxygens (including phenoxy) is 1. The van der Waals surface area contributed by atoms with Crippen LogP contribution >= 0.6 is 11.6 Å². The van der Waals surface area contributed by atoms with Crippen LogP contribution in [0.25, 0.3) is 10.9 Å². The molecule has 0 fully saturated rings. The highest BCUT2D eigenvalue weighted by Gasteiger charge is 2.13. The summed E-state index contributed by atoms with van der Waals surface area (Å²) in [5.74, 6) is 0.620. The van der Waals surface area contributed by atoms with Gasteiger partial charge in [0.25, 0.3) is 0 Å². The van der Waals surface area contributed by atoms with Gasteiger partial charge < -0.3 is 9.30 Å². The van der Waals surface area contributed by atoms with E-state index in [9.17, 15) is 9.59 Å². The molecule has 0 amide bonds. The lowest BCUT2D eigenvalue weighted by Crippen LogP contribution is -2.09. The van der Waals surface area contributed by atoms with Gasteiger partial charge in [-0.05, 0) is 42.5 Å². The Bertz CT molecular complexity index is 881. The number of carbonyl (C=O) groups excluding carboxylic acids is 2. The van der Waals surface area contributed by atoms with Crippen molar-refractivity contribution in [1.82, 2.24) is 4.57 Å². The quantitative estimate of drug-likeness (QED) is 0.525. The van der Waals surface area contributed by atoms with Gasteiger partial charge in [-0.2, -0.15) is 0 Å². The van der Waals surface area contributed by atoms with Gasteiger partial charge >= 0.3 is 0 Å². The van der Waals surface area contributed by atoms with E-state index >= 15 is 0 Å². The topological polar surface area (TPSA) is 48.3 Å². The maximum absolute atomic E-state index is 12.4. The minimum Gasteiger partial charge on any atom is -0.497 e. The number of fused-ring (bicyclic) bond motifs is 1. The minimum absolute atomic E-state index is 0.0492. The van der Waals surface area contributed by atoms with Gasteiger partial charge in [-0.25, -0.2) is 0 Å². The molecule has 5 heteroatoms. The smallest absolute Gasteiger partial charge is 0.182 e. The van der Waals surface area contributed by atoms with Crippen molar-refractivity contribution in [1.29, 1.82) is 0 Å². The van der Waals surface area contributed by atoms with Gasteiger partial charge in [0.2, 0.25) is 0 Å². The predicted molar refractivity (Wildman–Crippen MR) is 89.7 cm³/mol. The number of halogens is 1. The normalized spacial score (nSPS) is 10.7. The highest BCUT2D eigenvalue weighted by Crippen LogP contribution is 2.25. The van der Waals surface area contributed by atoms with E-state index < -0.39 is 0 Å². The number of hydrogen-bond acceptors (Lipinski definition) is 3. The molecule has 0 radical (unpaired) electrons. The van der Waals surface area contributed by atoms with Crippen LogP contribution in [0.3, 0.4) is 0 Å². The molecule has 0 spiro atoms. The van der Waals surface area contributed by atoms with Crippen molar-refractivity contribution in [2.75, 3.05) is 7.11 Å². The van der Waals surface area contributed by atoms with E-state index in [1.165, 1.54) is 0 Å². The van der Waals surface area contributed by atoms with E-state index in [0.29, 0.717) is 21.9 Å². The molecule has 3 aromatic rings. The summed E-state index contributed by atoms with van der Waals surface area (Å²) >= 11 is 5.84. The van der Waals surface area contributed by atoms with Crippen molar-refractivity contribution in [2.24, 2.45) is 0 Å². The Kier molecular flexibility index (Phi) is 4.17. The number of Topliss-reactive ketones (excluding diaryl/α,β-unsaturated/α-hetero) is 1. The van der Waals surface area contributed by atoms with Crippen LogP contribution in [0.15, 0.2) is 48.7 Å².